The molecule has 0 saturated heterocycles. The predicted molar refractivity (Wildman–Crippen MR) is 52.5 cm³/mol. The second kappa shape index (κ2) is 3.83. The Kier molecular flexibility index (Phi) is 2.53. The van der Waals surface area contributed by atoms with Crippen molar-refractivity contribution in [2.45, 2.75) is 6.29 Å². The summed E-state index contributed by atoms with van der Waals surface area (Å²) in [7, 11) is 0. The Morgan fingerprint density at radius 1 is 1.21 bits per heavy atom. The predicted octanol–water partition coefficient (Wildman–Crippen LogP) is 1.19. The van der Waals surface area contributed by atoms with Crippen molar-refractivity contribution in [1.29, 1.82) is 0 Å². The Labute approximate surface area is 84.5 Å². The molecular weight excluding hydrogens is 200 g/mol. The summed E-state index contributed by atoms with van der Waals surface area (Å²) in [6.45, 7) is 0. The summed E-state index contributed by atoms with van der Waals surface area (Å²) < 4.78 is 0. The van der Waals surface area contributed by atoms with E-state index in [0.29, 0.717) is 0 Å². The largest absolute Gasteiger partial charge is 0.363 e. The number of aliphatic hydroxyl groups excluding tert-OH is 1. The highest BCUT2D eigenvalue weighted by molar-refractivity contribution is 7.13. The summed E-state index contributed by atoms with van der Waals surface area (Å²) in [5, 5.41) is 20.1. The zero-order valence-corrected chi connectivity index (χ0v) is 7.98. The summed E-state index contributed by atoms with van der Waals surface area (Å²) in [6.07, 6.45) is 1.85. The van der Waals surface area contributed by atoms with E-state index in [-0.39, 0.29) is 5.69 Å². The second-order valence-corrected chi connectivity index (χ2v) is 3.55. The summed E-state index contributed by atoms with van der Waals surface area (Å²) in [4.78, 5) is 7.96. The Hall–Kier alpha value is -1.30. The van der Waals surface area contributed by atoms with Crippen LogP contribution in [0.25, 0.3) is 10.6 Å². The van der Waals surface area contributed by atoms with Gasteiger partial charge in [-0.05, 0) is 12.1 Å². The van der Waals surface area contributed by atoms with Crippen LogP contribution >= 0.6 is 11.3 Å². The lowest BCUT2D eigenvalue weighted by molar-refractivity contribution is -0.0453. The molecule has 0 saturated carbocycles. The smallest absolute Gasteiger partial charge is 0.196 e. The molecule has 0 amide bonds. The topological polar surface area (TPSA) is 66.2 Å². The number of pyridine rings is 1. The summed E-state index contributed by atoms with van der Waals surface area (Å²) in [6, 6.07) is 3.65. The molecule has 2 aromatic rings. The van der Waals surface area contributed by atoms with Crippen LogP contribution in [0.5, 0.6) is 0 Å². The van der Waals surface area contributed by atoms with Crippen LogP contribution in [0.3, 0.4) is 0 Å². The fraction of sp³-hybridized carbons (Fsp3) is 0.111. The van der Waals surface area contributed by atoms with E-state index in [2.05, 4.69) is 9.97 Å². The Morgan fingerprint density at radius 3 is 2.50 bits per heavy atom. The second-order valence-electron chi connectivity index (χ2n) is 2.69. The lowest BCUT2D eigenvalue weighted by atomic mass is 10.3. The highest BCUT2D eigenvalue weighted by atomic mass is 32.1. The zero-order chi connectivity index (χ0) is 9.97. The molecule has 0 aromatic carbocycles. The maximum atomic E-state index is 8.87. The number of hydrogen-bond acceptors (Lipinski definition) is 5. The fourth-order valence-corrected chi connectivity index (χ4v) is 1.87. The van der Waals surface area contributed by atoms with Crippen molar-refractivity contribution in [3.05, 3.63) is 35.6 Å². The minimum Gasteiger partial charge on any atom is -0.363 e. The van der Waals surface area contributed by atoms with Crippen LogP contribution in [0.1, 0.15) is 12.0 Å². The van der Waals surface area contributed by atoms with Gasteiger partial charge in [0.1, 0.15) is 10.7 Å². The molecule has 14 heavy (non-hydrogen) atoms. The first-order valence-corrected chi connectivity index (χ1v) is 4.87. The molecule has 0 fully saturated rings. The first-order valence-electron chi connectivity index (χ1n) is 3.99. The Morgan fingerprint density at radius 2 is 1.93 bits per heavy atom. The van der Waals surface area contributed by atoms with Gasteiger partial charge in [-0.2, -0.15) is 0 Å². The molecule has 0 aliphatic rings. The number of rotatable bonds is 2. The third-order valence-corrected chi connectivity index (χ3v) is 2.62. The molecule has 0 unspecified atom stereocenters. The van der Waals surface area contributed by atoms with Crippen LogP contribution in [0.4, 0.5) is 0 Å². The molecule has 0 atom stereocenters. The Bertz CT molecular complexity index is 414. The van der Waals surface area contributed by atoms with Crippen molar-refractivity contribution in [2.75, 3.05) is 0 Å². The molecule has 0 aliphatic carbocycles. The molecule has 5 heteroatoms. The van der Waals surface area contributed by atoms with E-state index in [0.717, 1.165) is 10.6 Å². The van der Waals surface area contributed by atoms with Gasteiger partial charge in [-0.15, -0.1) is 11.3 Å². The van der Waals surface area contributed by atoms with Gasteiger partial charge in [0.2, 0.25) is 0 Å². The van der Waals surface area contributed by atoms with E-state index in [1.54, 1.807) is 17.8 Å². The van der Waals surface area contributed by atoms with Crippen molar-refractivity contribution in [3.63, 3.8) is 0 Å². The lowest BCUT2D eigenvalue weighted by Gasteiger charge is -1.96. The van der Waals surface area contributed by atoms with Crippen LogP contribution in [0.2, 0.25) is 0 Å². The molecule has 0 spiro atoms. The molecule has 4 nitrogen and oxygen atoms in total. The van der Waals surface area contributed by atoms with Gasteiger partial charge in [-0.1, -0.05) is 0 Å². The number of thiazole rings is 1. The first-order chi connectivity index (χ1) is 6.77. The van der Waals surface area contributed by atoms with E-state index in [1.807, 2.05) is 12.1 Å². The van der Waals surface area contributed by atoms with E-state index in [9.17, 15) is 0 Å². The van der Waals surface area contributed by atoms with Crippen molar-refractivity contribution < 1.29 is 10.2 Å². The average Bonchev–Trinajstić information content (AvgIpc) is 2.68. The van der Waals surface area contributed by atoms with Crippen LogP contribution < -0.4 is 0 Å². The standard InChI is InChI=1S/C9H8N2O2S/c12-9(13)7-5-14-8(11-7)6-1-3-10-4-2-6/h1-5,9,12-13H. The maximum absolute atomic E-state index is 8.87. The van der Waals surface area contributed by atoms with Gasteiger partial charge < -0.3 is 10.2 Å². The third-order valence-electron chi connectivity index (χ3n) is 1.71. The minimum atomic E-state index is -1.50. The molecule has 2 heterocycles. The summed E-state index contributed by atoms with van der Waals surface area (Å²) in [5.41, 5.74) is 1.21. The third kappa shape index (κ3) is 1.79. The average molecular weight is 208 g/mol. The van der Waals surface area contributed by atoms with Gasteiger partial charge >= 0.3 is 0 Å². The number of nitrogens with zero attached hydrogens (tertiary/aromatic N) is 2. The zero-order valence-electron chi connectivity index (χ0n) is 7.16. The van der Waals surface area contributed by atoms with Crippen LogP contribution in [0, 0.1) is 0 Å². The number of hydrogen-bond donors (Lipinski definition) is 2. The first kappa shape index (κ1) is 9.26. The van der Waals surface area contributed by atoms with Crippen LogP contribution in [0.15, 0.2) is 29.9 Å². The Balaban J connectivity index is 2.34. The molecule has 72 valence electrons. The normalized spacial score (nSPS) is 10.8. The molecular formula is C9H8N2O2S. The van der Waals surface area contributed by atoms with Gasteiger partial charge in [-0.25, -0.2) is 4.98 Å². The lowest BCUT2D eigenvalue weighted by Crippen LogP contribution is -1.94. The SMILES string of the molecule is OC(O)c1csc(-c2ccncc2)n1. The van der Waals surface area contributed by atoms with E-state index >= 15 is 0 Å². The van der Waals surface area contributed by atoms with Crippen molar-refractivity contribution in [1.82, 2.24) is 9.97 Å². The molecule has 0 radical (unpaired) electrons. The van der Waals surface area contributed by atoms with E-state index in [4.69, 9.17) is 10.2 Å². The number of aromatic nitrogens is 2. The van der Waals surface area contributed by atoms with Crippen LogP contribution in [-0.4, -0.2) is 20.2 Å². The van der Waals surface area contributed by atoms with E-state index in [1.165, 1.54) is 11.3 Å². The van der Waals surface area contributed by atoms with Gasteiger partial charge in [-0.3, -0.25) is 4.98 Å². The maximum Gasteiger partial charge on any atom is 0.196 e. The highest BCUT2D eigenvalue weighted by Crippen LogP contribution is 2.24. The molecule has 2 rings (SSSR count). The summed E-state index contributed by atoms with van der Waals surface area (Å²) >= 11 is 1.37. The minimum absolute atomic E-state index is 0.279. The van der Waals surface area contributed by atoms with Crippen molar-refractivity contribution in [3.8, 4) is 10.6 Å². The van der Waals surface area contributed by atoms with Crippen LogP contribution in [-0.2, 0) is 0 Å². The molecule has 2 aromatic heterocycles. The van der Waals surface area contributed by atoms with Gasteiger partial charge in [0.15, 0.2) is 6.29 Å². The van der Waals surface area contributed by atoms with Gasteiger partial charge in [0.25, 0.3) is 0 Å². The fourth-order valence-electron chi connectivity index (χ4n) is 1.03. The van der Waals surface area contributed by atoms with Gasteiger partial charge in [0.05, 0.1) is 0 Å². The van der Waals surface area contributed by atoms with Gasteiger partial charge in [0, 0.05) is 23.3 Å². The number of aliphatic hydroxyl groups is 2. The highest BCUT2D eigenvalue weighted by Gasteiger charge is 2.08. The van der Waals surface area contributed by atoms with Crippen molar-refractivity contribution >= 4 is 11.3 Å². The molecule has 2 N–H and O–H groups in total. The van der Waals surface area contributed by atoms with E-state index < -0.39 is 6.29 Å². The monoisotopic (exact) mass is 208 g/mol. The molecule has 0 aliphatic heterocycles. The summed E-state index contributed by atoms with van der Waals surface area (Å²) in [5.74, 6) is 0. The molecule has 0 bridgehead atoms. The van der Waals surface area contributed by atoms with Crippen molar-refractivity contribution in [2.24, 2.45) is 0 Å². The quantitative estimate of drug-likeness (QED) is 0.727.